The Hall–Kier alpha value is -0.500. The standard InChI is InChI=1S/C16H23BrO/c1-11-5-7-14-12(9-11)10-13(18-14)6-8-15(17)16(2,3)4/h5,7,9,13,15H,6,8,10H2,1-4H3. The van der Waals surface area contributed by atoms with E-state index in [0.717, 1.165) is 18.6 Å². The van der Waals surface area contributed by atoms with Gasteiger partial charge in [0.2, 0.25) is 0 Å². The highest BCUT2D eigenvalue weighted by atomic mass is 79.9. The van der Waals surface area contributed by atoms with Crippen LogP contribution in [0.25, 0.3) is 0 Å². The zero-order chi connectivity index (χ0) is 13.3. The number of halogens is 1. The van der Waals surface area contributed by atoms with Gasteiger partial charge in [-0.05, 0) is 36.8 Å². The SMILES string of the molecule is Cc1ccc2c(c1)CC(CCC(Br)C(C)(C)C)O2. The van der Waals surface area contributed by atoms with Crippen molar-refractivity contribution in [3.8, 4) is 5.75 Å². The van der Waals surface area contributed by atoms with Crippen LogP contribution in [-0.4, -0.2) is 10.9 Å². The molecule has 0 N–H and O–H groups in total. The highest BCUT2D eigenvalue weighted by molar-refractivity contribution is 9.09. The smallest absolute Gasteiger partial charge is 0.123 e. The molecule has 1 nitrogen and oxygen atoms in total. The van der Waals surface area contributed by atoms with Gasteiger partial charge in [-0.2, -0.15) is 0 Å². The maximum absolute atomic E-state index is 6.00. The van der Waals surface area contributed by atoms with Gasteiger partial charge in [-0.15, -0.1) is 0 Å². The van der Waals surface area contributed by atoms with Crippen LogP contribution in [-0.2, 0) is 6.42 Å². The molecule has 0 amide bonds. The monoisotopic (exact) mass is 310 g/mol. The van der Waals surface area contributed by atoms with E-state index in [9.17, 15) is 0 Å². The summed E-state index contributed by atoms with van der Waals surface area (Å²) in [5.41, 5.74) is 3.02. The molecule has 2 atom stereocenters. The Balaban J connectivity index is 1.89. The van der Waals surface area contributed by atoms with E-state index in [-0.39, 0.29) is 0 Å². The highest BCUT2D eigenvalue weighted by Crippen LogP contribution is 2.34. The third kappa shape index (κ3) is 3.28. The second-order valence-corrected chi connectivity index (χ2v) is 7.57. The molecule has 0 bridgehead atoms. The summed E-state index contributed by atoms with van der Waals surface area (Å²) in [7, 11) is 0. The molecule has 2 unspecified atom stereocenters. The lowest BCUT2D eigenvalue weighted by molar-refractivity contribution is 0.210. The molecule has 2 heteroatoms. The maximum Gasteiger partial charge on any atom is 0.123 e. The van der Waals surface area contributed by atoms with E-state index in [0.29, 0.717) is 16.3 Å². The number of hydrogen-bond acceptors (Lipinski definition) is 1. The lowest BCUT2D eigenvalue weighted by Gasteiger charge is -2.26. The van der Waals surface area contributed by atoms with Crippen LogP contribution < -0.4 is 4.74 Å². The van der Waals surface area contributed by atoms with Gasteiger partial charge in [0.05, 0.1) is 0 Å². The van der Waals surface area contributed by atoms with Crippen LogP contribution in [0.5, 0.6) is 5.75 Å². The van der Waals surface area contributed by atoms with Gasteiger partial charge in [0, 0.05) is 11.2 Å². The fraction of sp³-hybridized carbons (Fsp3) is 0.625. The van der Waals surface area contributed by atoms with Gasteiger partial charge in [0.15, 0.2) is 0 Å². The number of aryl methyl sites for hydroxylation is 1. The minimum Gasteiger partial charge on any atom is -0.490 e. The van der Waals surface area contributed by atoms with Crippen LogP contribution in [0.3, 0.4) is 0 Å². The van der Waals surface area contributed by atoms with Crippen molar-refractivity contribution in [3.05, 3.63) is 29.3 Å². The summed E-state index contributed by atoms with van der Waals surface area (Å²) in [6.07, 6.45) is 3.73. The lowest BCUT2D eigenvalue weighted by atomic mass is 9.88. The molecule has 1 heterocycles. The molecule has 1 aliphatic heterocycles. The summed E-state index contributed by atoms with van der Waals surface area (Å²) >= 11 is 3.80. The molecule has 0 radical (unpaired) electrons. The van der Waals surface area contributed by atoms with Crippen LogP contribution in [0.2, 0.25) is 0 Å². The Kier molecular flexibility index (Phi) is 4.05. The summed E-state index contributed by atoms with van der Waals surface area (Å²) in [5, 5.41) is 0. The fourth-order valence-electron chi connectivity index (χ4n) is 2.38. The van der Waals surface area contributed by atoms with Gasteiger partial charge in [-0.3, -0.25) is 0 Å². The van der Waals surface area contributed by atoms with Crippen LogP contribution in [0, 0.1) is 12.3 Å². The Morgan fingerprint density at radius 1 is 1.39 bits per heavy atom. The molecule has 2 rings (SSSR count). The van der Waals surface area contributed by atoms with Gasteiger partial charge in [-0.1, -0.05) is 54.4 Å². The van der Waals surface area contributed by atoms with Gasteiger partial charge >= 0.3 is 0 Å². The number of ether oxygens (including phenoxy) is 1. The number of rotatable bonds is 3. The first kappa shape index (κ1) is 13.9. The van der Waals surface area contributed by atoms with Crippen molar-refractivity contribution in [2.75, 3.05) is 0 Å². The molecule has 1 aliphatic rings. The minimum atomic E-state index is 0.321. The first-order chi connectivity index (χ1) is 8.36. The summed E-state index contributed by atoms with van der Waals surface area (Å²) < 4.78 is 6.00. The number of fused-ring (bicyclic) bond motifs is 1. The van der Waals surface area contributed by atoms with E-state index in [2.05, 4.69) is 61.8 Å². The van der Waals surface area contributed by atoms with Crippen molar-refractivity contribution in [2.24, 2.45) is 5.41 Å². The summed E-state index contributed by atoms with van der Waals surface area (Å²) in [4.78, 5) is 0.555. The zero-order valence-electron chi connectivity index (χ0n) is 11.8. The number of benzene rings is 1. The normalized spacial score (nSPS) is 20.4. The minimum absolute atomic E-state index is 0.321. The van der Waals surface area contributed by atoms with Crippen LogP contribution >= 0.6 is 15.9 Å². The summed E-state index contributed by atoms with van der Waals surface area (Å²) in [5.74, 6) is 1.09. The van der Waals surface area contributed by atoms with Gasteiger partial charge < -0.3 is 4.74 Å². The molecule has 0 saturated heterocycles. The first-order valence-corrected chi connectivity index (χ1v) is 7.68. The maximum atomic E-state index is 6.00. The van der Waals surface area contributed by atoms with Crippen molar-refractivity contribution in [2.45, 2.75) is 57.9 Å². The van der Waals surface area contributed by atoms with E-state index in [1.165, 1.54) is 17.5 Å². The van der Waals surface area contributed by atoms with Crippen LogP contribution in [0.4, 0.5) is 0 Å². The van der Waals surface area contributed by atoms with Crippen molar-refractivity contribution in [1.82, 2.24) is 0 Å². The predicted molar refractivity (Wildman–Crippen MR) is 80.7 cm³/mol. The average molecular weight is 311 g/mol. The summed E-state index contributed by atoms with van der Waals surface area (Å²) in [6.45, 7) is 8.97. The molecule has 0 fully saturated rings. The van der Waals surface area contributed by atoms with Crippen molar-refractivity contribution in [3.63, 3.8) is 0 Å². The second-order valence-electron chi connectivity index (χ2n) is 6.47. The van der Waals surface area contributed by atoms with Crippen molar-refractivity contribution in [1.29, 1.82) is 0 Å². The average Bonchev–Trinajstić information content (AvgIpc) is 2.66. The largest absolute Gasteiger partial charge is 0.490 e. The molecule has 1 aromatic rings. The van der Waals surface area contributed by atoms with Crippen LogP contribution in [0.1, 0.15) is 44.7 Å². The number of alkyl halides is 1. The van der Waals surface area contributed by atoms with E-state index >= 15 is 0 Å². The van der Waals surface area contributed by atoms with Gasteiger partial charge in [-0.25, -0.2) is 0 Å². The van der Waals surface area contributed by atoms with Crippen LogP contribution in [0.15, 0.2) is 18.2 Å². The zero-order valence-corrected chi connectivity index (χ0v) is 13.4. The Bertz CT molecular complexity index is 420. The molecule has 18 heavy (non-hydrogen) atoms. The van der Waals surface area contributed by atoms with Gasteiger partial charge in [0.1, 0.15) is 11.9 Å². The topological polar surface area (TPSA) is 9.23 Å². The molecule has 0 saturated carbocycles. The molecular weight excluding hydrogens is 288 g/mol. The van der Waals surface area contributed by atoms with Gasteiger partial charge in [0.25, 0.3) is 0 Å². The molecule has 0 aliphatic carbocycles. The first-order valence-electron chi connectivity index (χ1n) is 6.76. The van der Waals surface area contributed by atoms with E-state index in [1.807, 2.05) is 0 Å². The predicted octanol–water partition coefficient (Wildman–Crippen LogP) is 4.89. The highest BCUT2D eigenvalue weighted by Gasteiger charge is 2.26. The van der Waals surface area contributed by atoms with E-state index in [1.54, 1.807) is 0 Å². The molecule has 0 spiro atoms. The third-order valence-electron chi connectivity index (χ3n) is 3.64. The Morgan fingerprint density at radius 2 is 2.11 bits per heavy atom. The quantitative estimate of drug-likeness (QED) is 0.722. The van der Waals surface area contributed by atoms with E-state index in [4.69, 9.17) is 4.74 Å². The Morgan fingerprint density at radius 3 is 2.78 bits per heavy atom. The molecular formula is C16H23BrO. The summed E-state index contributed by atoms with van der Waals surface area (Å²) in [6, 6.07) is 6.49. The van der Waals surface area contributed by atoms with Crippen molar-refractivity contribution < 1.29 is 4.74 Å². The molecule has 100 valence electrons. The van der Waals surface area contributed by atoms with E-state index < -0.39 is 0 Å². The third-order valence-corrected chi connectivity index (χ3v) is 5.47. The second kappa shape index (κ2) is 5.24. The fourth-order valence-corrected chi connectivity index (χ4v) is 2.64. The lowest BCUT2D eigenvalue weighted by Crippen LogP contribution is -2.23. The van der Waals surface area contributed by atoms with Crippen molar-refractivity contribution >= 4 is 15.9 Å². The number of hydrogen-bond donors (Lipinski definition) is 0. The molecule has 1 aromatic carbocycles. The Labute approximate surface area is 119 Å². The molecule has 0 aromatic heterocycles.